The molecule has 1 N–H and O–H groups in total. The van der Waals surface area contributed by atoms with Gasteiger partial charge in [-0.15, -0.1) is 0 Å². The third kappa shape index (κ3) is 1.96. The highest BCUT2D eigenvalue weighted by molar-refractivity contribution is 5.90. The second kappa shape index (κ2) is 4.61. The molecule has 2 heterocycles. The molecule has 1 aliphatic carbocycles. The summed E-state index contributed by atoms with van der Waals surface area (Å²) in [5.41, 5.74) is 0.0406. The fourth-order valence-electron chi connectivity index (χ4n) is 2.28. The molecule has 1 saturated heterocycles. The van der Waals surface area contributed by atoms with Crippen molar-refractivity contribution >= 4 is 11.9 Å². The number of hydrogen-bond donors (Lipinski definition) is 1. The number of nitrogens with zero attached hydrogens (tertiary/aromatic N) is 2. The summed E-state index contributed by atoms with van der Waals surface area (Å²) in [5.74, 6) is 0.261. The highest BCUT2D eigenvalue weighted by Crippen LogP contribution is 2.38. The monoisotopic (exact) mass is 252 g/mol. The molecular weight excluding hydrogens is 236 g/mol. The molecule has 1 saturated carbocycles. The molecule has 18 heavy (non-hydrogen) atoms. The first kappa shape index (κ1) is 11.5. The van der Waals surface area contributed by atoms with Crippen LogP contribution in [0.4, 0.5) is 5.88 Å². The standard InChI is InChI=1S/C12H16N2O4/c15-12(16)9-11(14-4-6-17-7-5-14)18-10(13-9)8-2-1-3-8/h8H,1-7H2,(H,15,16). The molecule has 1 aromatic heterocycles. The van der Waals surface area contributed by atoms with Crippen molar-refractivity contribution < 1.29 is 19.1 Å². The van der Waals surface area contributed by atoms with Crippen LogP contribution < -0.4 is 4.90 Å². The Morgan fingerprint density at radius 3 is 2.61 bits per heavy atom. The van der Waals surface area contributed by atoms with Crippen molar-refractivity contribution in [3.63, 3.8) is 0 Å². The highest BCUT2D eigenvalue weighted by Gasteiger charge is 2.31. The number of carboxylic acids is 1. The van der Waals surface area contributed by atoms with Crippen molar-refractivity contribution in [1.82, 2.24) is 4.98 Å². The van der Waals surface area contributed by atoms with Gasteiger partial charge in [0.1, 0.15) is 0 Å². The number of ether oxygens (including phenoxy) is 1. The Balaban J connectivity index is 1.89. The molecule has 0 aromatic carbocycles. The molecular formula is C12H16N2O4. The van der Waals surface area contributed by atoms with E-state index in [0.717, 1.165) is 12.8 Å². The third-order valence-corrected chi connectivity index (χ3v) is 3.58. The maximum atomic E-state index is 11.2. The summed E-state index contributed by atoms with van der Waals surface area (Å²) in [6, 6.07) is 0. The van der Waals surface area contributed by atoms with Crippen LogP contribution in [0.25, 0.3) is 0 Å². The van der Waals surface area contributed by atoms with E-state index in [9.17, 15) is 9.90 Å². The zero-order valence-electron chi connectivity index (χ0n) is 10.1. The predicted octanol–water partition coefficient (Wildman–Crippen LogP) is 1.48. The van der Waals surface area contributed by atoms with Gasteiger partial charge in [-0.1, -0.05) is 6.42 Å². The van der Waals surface area contributed by atoms with Gasteiger partial charge >= 0.3 is 5.97 Å². The average molecular weight is 252 g/mol. The molecule has 0 radical (unpaired) electrons. The van der Waals surface area contributed by atoms with Crippen molar-refractivity contribution in [2.45, 2.75) is 25.2 Å². The zero-order chi connectivity index (χ0) is 12.5. The van der Waals surface area contributed by atoms with Crippen LogP contribution in [0.1, 0.15) is 41.6 Å². The Morgan fingerprint density at radius 1 is 1.33 bits per heavy atom. The number of carbonyl (C=O) groups is 1. The van der Waals surface area contributed by atoms with Crippen molar-refractivity contribution in [1.29, 1.82) is 0 Å². The molecule has 98 valence electrons. The maximum Gasteiger partial charge on any atom is 0.360 e. The van der Waals surface area contributed by atoms with Gasteiger partial charge in [-0.25, -0.2) is 9.78 Å². The van der Waals surface area contributed by atoms with Gasteiger partial charge in [-0.05, 0) is 12.8 Å². The van der Waals surface area contributed by atoms with Crippen LogP contribution in [0.5, 0.6) is 0 Å². The Bertz CT molecular complexity index is 447. The Hall–Kier alpha value is -1.56. The van der Waals surface area contributed by atoms with E-state index >= 15 is 0 Å². The van der Waals surface area contributed by atoms with Crippen molar-refractivity contribution in [2.24, 2.45) is 0 Å². The molecule has 2 fully saturated rings. The van der Waals surface area contributed by atoms with Crippen molar-refractivity contribution in [3.8, 4) is 0 Å². The van der Waals surface area contributed by atoms with Gasteiger partial charge in [0.25, 0.3) is 0 Å². The predicted molar refractivity (Wildman–Crippen MR) is 63.1 cm³/mol. The quantitative estimate of drug-likeness (QED) is 0.878. The van der Waals surface area contributed by atoms with E-state index in [2.05, 4.69) is 4.98 Å². The first-order chi connectivity index (χ1) is 8.75. The fraction of sp³-hybridized carbons (Fsp3) is 0.667. The second-order valence-electron chi connectivity index (χ2n) is 4.74. The van der Waals surface area contributed by atoms with E-state index < -0.39 is 5.97 Å². The van der Waals surface area contributed by atoms with E-state index in [0.29, 0.717) is 44.0 Å². The molecule has 0 bridgehead atoms. The van der Waals surface area contributed by atoms with Gasteiger partial charge < -0.3 is 19.2 Å². The fourth-order valence-corrected chi connectivity index (χ4v) is 2.28. The summed E-state index contributed by atoms with van der Waals surface area (Å²) in [7, 11) is 0. The summed E-state index contributed by atoms with van der Waals surface area (Å²) in [4.78, 5) is 17.3. The Kier molecular flexibility index (Phi) is 2.95. The van der Waals surface area contributed by atoms with Gasteiger partial charge in [-0.2, -0.15) is 0 Å². The summed E-state index contributed by atoms with van der Waals surface area (Å²) in [5, 5.41) is 9.20. The minimum Gasteiger partial charge on any atom is -0.476 e. The summed E-state index contributed by atoms with van der Waals surface area (Å²) in [6.45, 7) is 2.50. The topological polar surface area (TPSA) is 75.8 Å². The van der Waals surface area contributed by atoms with E-state index in [1.165, 1.54) is 6.42 Å². The Labute approximate surface area is 105 Å². The van der Waals surface area contributed by atoms with Crippen LogP contribution in [-0.4, -0.2) is 42.4 Å². The number of hydrogen-bond acceptors (Lipinski definition) is 5. The van der Waals surface area contributed by atoms with Gasteiger partial charge in [0.2, 0.25) is 17.5 Å². The number of aromatic nitrogens is 1. The lowest BCUT2D eigenvalue weighted by molar-refractivity contribution is 0.0689. The molecule has 0 spiro atoms. The number of anilines is 1. The minimum absolute atomic E-state index is 0.0406. The number of aromatic carboxylic acids is 1. The van der Waals surface area contributed by atoms with E-state index in [4.69, 9.17) is 9.15 Å². The molecule has 6 nitrogen and oxygen atoms in total. The maximum absolute atomic E-state index is 11.2. The summed E-state index contributed by atoms with van der Waals surface area (Å²) < 4.78 is 11.0. The van der Waals surface area contributed by atoms with Crippen LogP contribution in [0.2, 0.25) is 0 Å². The minimum atomic E-state index is -1.02. The van der Waals surface area contributed by atoms with Crippen LogP contribution in [-0.2, 0) is 4.74 Å². The highest BCUT2D eigenvalue weighted by atomic mass is 16.5. The molecule has 1 aliphatic heterocycles. The van der Waals surface area contributed by atoms with Crippen LogP contribution >= 0.6 is 0 Å². The molecule has 0 atom stereocenters. The molecule has 3 rings (SSSR count). The second-order valence-corrected chi connectivity index (χ2v) is 4.74. The third-order valence-electron chi connectivity index (χ3n) is 3.58. The lowest BCUT2D eigenvalue weighted by atomic mass is 9.85. The Morgan fingerprint density at radius 2 is 2.06 bits per heavy atom. The lowest BCUT2D eigenvalue weighted by Crippen LogP contribution is -2.36. The molecule has 6 heteroatoms. The lowest BCUT2D eigenvalue weighted by Gasteiger charge is -2.26. The van der Waals surface area contributed by atoms with Gasteiger partial charge in [0, 0.05) is 19.0 Å². The summed E-state index contributed by atoms with van der Waals surface area (Å²) in [6.07, 6.45) is 3.26. The smallest absolute Gasteiger partial charge is 0.360 e. The van der Waals surface area contributed by atoms with Crippen molar-refractivity contribution in [3.05, 3.63) is 11.6 Å². The van der Waals surface area contributed by atoms with E-state index in [1.807, 2.05) is 4.90 Å². The molecule has 0 amide bonds. The molecule has 2 aliphatic rings. The molecule has 1 aromatic rings. The van der Waals surface area contributed by atoms with Gasteiger partial charge in [0.05, 0.1) is 13.2 Å². The van der Waals surface area contributed by atoms with Crippen LogP contribution in [0.15, 0.2) is 4.42 Å². The van der Waals surface area contributed by atoms with Crippen LogP contribution in [0, 0.1) is 0 Å². The normalized spacial score (nSPS) is 20.8. The number of rotatable bonds is 3. The average Bonchev–Trinajstić information content (AvgIpc) is 2.73. The van der Waals surface area contributed by atoms with E-state index in [1.54, 1.807) is 0 Å². The first-order valence-electron chi connectivity index (χ1n) is 6.32. The van der Waals surface area contributed by atoms with Crippen LogP contribution in [0.3, 0.4) is 0 Å². The number of morpholine rings is 1. The largest absolute Gasteiger partial charge is 0.476 e. The molecule has 0 unspecified atom stereocenters. The van der Waals surface area contributed by atoms with Gasteiger partial charge in [-0.3, -0.25) is 0 Å². The zero-order valence-corrected chi connectivity index (χ0v) is 10.1. The van der Waals surface area contributed by atoms with Crippen molar-refractivity contribution in [2.75, 3.05) is 31.2 Å². The number of carboxylic acid groups (broad SMARTS) is 1. The van der Waals surface area contributed by atoms with Gasteiger partial charge in [0.15, 0.2) is 0 Å². The SMILES string of the molecule is O=C(O)c1nc(C2CCC2)oc1N1CCOCC1. The summed E-state index contributed by atoms with van der Waals surface area (Å²) >= 11 is 0. The number of oxazole rings is 1. The van der Waals surface area contributed by atoms with E-state index in [-0.39, 0.29) is 5.69 Å². The first-order valence-corrected chi connectivity index (χ1v) is 6.32.